The van der Waals surface area contributed by atoms with Gasteiger partial charge >= 0.3 is 5.97 Å². The molecule has 146 valence electrons. The smallest absolute Gasteiger partial charge is 0.308 e. The molecule has 8 heteroatoms. The van der Waals surface area contributed by atoms with E-state index in [2.05, 4.69) is 10.3 Å². The zero-order chi connectivity index (χ0) is 20.2. The number of ether oxygens (including phenoxy) is 1. The van der Waals surface area contributed by atoms with E-state index in [0.717, 1.165) is 10.8 Å². The molecule has 0 aliphatic heterocycles. The van der Waals surface area contributed by atoms with Crippen molar-refractivity contribution in [3.05, 3.63) is 70.6 Å². The second kappa shape index (κ2) is 8.24. The highest BCUT2D eigenvalue weighted by Gasteiger charge is 2.11. The van der Waals surface area contributed by atoms with Crippen molar-refractivity contribution in [2.75, 3.05) is 11.9 Å². The van der Waals surface area contributed by atoms with E-state index in [1.165, 1.54) is 22.2 Å². The van der Waals surface area contributed by atoms with Crippen molar-refractivity contribution in [3.8, 4) is 0 Å². The van der Waals surface area contributed by atoms with Crippen LogP contribution in [0.1, 0.15) is 6.42 Å². The van der Waals surface area contributed by atoms with Crippen LogP contribution in [0.15, 0.2) is 65.0 Å². The standard InChI is InChI=1S/C21H17N3O4S/c25-18(23-17-7-3-5-14-4-1-2-6-15(14)17)12-28-19(26)8-10-24-13-22-20-16(21(24)27)9-11-29-20/h1-7,9,11,13H,8,10,12H2,(H,23,25). The molecule has 1 N–H and O–H groups in total. The second-order valence-electron chi connectivity index (χ2n) is 6.37. The fourth-order valence-corrected chi connectivity index (χ4v) is 3.73. The Morgan fingerprint density at radius 2 is 1.90 bits per heavy atom. The summed E-state index contributed by atoms with van der Waals surface area (Å²) in [6.45, 7) is -0.250. The molecule has 0 spiro atoms. The van der Waals surface area contributed by atoms with Gasteiger partial charge < -0.3 is 10.1 Å². The number of carbonyl (C=O) groups excluding carboxylic acids is 2. The lowest BCUT2D eigenvalue weighted by Gasteiger charge is -2.09. The number of nitrogens with one attached hydrogen (secondary N) is 1. The second-order valence-corrected chi connectivity index (χ2v) is 7.26. The number of carbonyl (C=O) groups is 2. The first-order chi connectivity index (χ1) is 14.1. The predicted octanol–water partition coefficient (Wildman–Crippen LogP) is 3.18. The molecule has 7 nitrogen and oxygen atoms in total. The number of thiophene rings is 1. The maximum absolute atomic E-state index is 12.3. The number of amides is 1. The summed E-state index contributed by atoms with van der Waals surface area (Å²) in [5.74, 6) is -0.983. The average Bonchev–Trinajstić information content (AvgIpc) is 3.22. The molecule has 0 saturated heterocycles. The van der Waals surface area contributed by atoms with Gasteiger partial charge in [0.05, 0.1) is 18.1 Å². The van der Waals surface area contributed by atoms with Crippen LogP contribution in [0.3, 0.4) is 0 Å². The van der Waals surface area contributed by atoms with Crippen molar-refractivity contribution < 1.29 is 14.3 Å². The largest absolute Gasteiger partial charge is 0.456 e. The quantitative estimate of drug-likeness (QED) is 0.496. The minimum absolute atomic E-state index is 0.0290. The summed E-state index contributed by atoms with van der Waals surface area (Å²) in [5, 5.41) is 7.00. The van der Waals surface area contributed by atoms with Crippen LogP contribution in [0, 0.1) is 0 Å². The number of hydrogen-bond donors (Lipinski definition) is 1. The van der Waals surface area contributed by atoms with E-state index in [0.29, 0.717) is 15.9 Å². The third-order valence-electron chi connectivity index (χ3n) is 4.44. The molecule has 0 radical (unpaired) electrons. The van der Waals surface area contributed by atoms with Crippen molar-refractivity contribution in [2.24, 2.45) is 0 Å². The number of nitrogens with zero attached hydrogens (tertiary/aromatic N) is 2. The molecule has 29 heavy (non-hydrogen) atoms. The Hall–Kier alpha value is -3.52. The monoisotopic (exact) mass is 407 g/mol. The molecule has 2 aromatic carbocycles. The van der Waals surface area contributed by atoms with Gasteiger partial charge in [-0.1, -0.05) is 36.4 Å². The van der Waals surface area contributed by atoms with Gasteiger partial charge in [-0.15, -0.1) is 11.3 Å². The first kappa shape index (κ1) is 18.8. The van der Waals surface area contributed by atoms with Crippen molar-refractivity contribution in [3.63, 3.8) is 0 Å². The molecule has 0 bridgehead atoms. The van der Waals surface area contributed by atoms with Crippen molar-refractivity contribution >= 4 is 49.9 Å². The minimum Gasteiger partial charge on any atom is -0.456 e. The average molecular weight is 407 g/mol. The minimum atomic E-state index is -0.560. The first-order valence-electron chi connectivity index (χ1n) is 8.98. The zero-order valence-electron chi connectivity index (χ0n) is 15.3. The SMILES string of the molecule is O=C(COC(=O)CCn1cnc2sccc2c1=O)Nc1cccc2ccccc12. The van der Waals surface area contributed by atoms with Crippen LogP contribution in [0.2, 0.25) is 0 Å². The normalized spacial score (nSPS) is 10.9. The highest BCUT2D eigenvalue weighted by molar-refractivity contribution is 7.16. The molecular formula is C21H17N3O4S. The number of esters is 1. The molecule has 4 rings (SSSR count). The van der Waals surface area contributed by atoms with Crippen LogP contribution in [-0.2, 0) is 20.9 Å². The molecule has 0 saturated carbocycles. The molecule has 0 unspecified atom stereocenters. The number of aryl methyl sites for hydroxylation is 1. The Kier molecular flexibility index (Phi) is 5.35. The maximum Gasteiger partial charge on any atom is 0.308 e. The van der Waals surface area contributed by atoms with Crippen LogP contribution in [-0.4, -0.2) is 28.0 Å². The number of hydrogen-bond acceptors (Lipinski definition) is 6. The van der Waals surface area contributed by atoms with Crippen LogP contribution in [0.4, 0.5) is 5.69 Å². The summed E-state index contributed by atoms with van der Waals surface area (Å²) < 4.78 is 6.41. The Morgan fingerprint density at radius 1 is 1.07 bits per heavy atom. The Labute approximate surface area is 169 Å². The third-order valence-corrected chi connectivity index (χ3v) is 5.26. The summed E-state index contributed by atoms with van der Waals surface area (Å²) in [6, 6.07) is 15.0. The van der Waals surface area contributed by atoms with E-state index in [9.17, 15) is 14.4 Å². The van der Waals surface area contributed by atoms with Crippen molar-refractivity contribution in [2.45, 2.75) is 13.0 Å². The fourth-order valence-electron chi connectivity index (χ4n) is 3.00. The summed E-state index contributed by atoms with van der Waals surface area (Å²) in [4.78, 5) is 41.3. The molecule has 0 aliphatic rings. The summed E-state index contributed by atoms with van der Waals surface area (Å²) in [7, 11) is 0. The lowest BCUT2D eigenvalue weighted by Crippen LogP contribution is -2.24. The van der Waals surface area contributed by atoms with Gasteiger partial charge in [-0.25, -0.2) is 4.98 Å². The molecule has 0 fully saturated rings. The topological polar surface area (TPSA) is 90.3 Å². The number of aromatic nitrogens is 2. The lowest BCUT2D eigenvalue weighted by atomic mass is 10.1. The van der Waals surface area contributed by atoms with Crippen molar-refractivity contribution in [1.82, 2.24) is 9.55 Å². The number of benzene rings is 2. The highest BCUT2D eigenvalue weighted by atomic mass is 32.1. The van der Waals surface area contributed by atoms with Crippen LogP contribution in [0.5, 0.6) is 0 Å². The highest BCUT2D eigenvalue weighted by Crippen LogP contribution is 2.22. The van der Waals surface area contributed by atoms with Gasteiger partial charge in [-0.05, 0) is 22.9 Å². The third kappa shape index (κ3) is 4.17. The summed E-state index contributed by atoms with van der Waals surface area (Å²) in [6.07, 6.45) is 1.39. The van der Waals surface area contributed by atoms with Crippen LogP contribution >= 0.6 is 11.3 Å². The molecule has 0 atom stereocenters. The van der Waals surface area contributed by atoms with E-state index in [4.69, 9.17) is 4.74 Å². The maximum atomic E-state index is 12.3. The van der Waals surface area contributed by atoms with Gasteiger partial charge in [0.25, 0.3) is 11.5 Å². The lowest BCUT2D eigenvalue weighted by molar-refractivity contribution is -0.147. The van der Waals surface area contributed by atoms with E-state index < -0.39 is 18.5 Å². The van der Waals surface area contributed by atoms with E-state index in [1.807, 2.05) is 36.4 Å². The van der Waals surface area contributed by atoms with Gasteiger partial charge in [-0.3, -0.25) is 19.0 Å². The van der Waals surface area contributed by atoms with Gasteiger partial charge in [0.1, 0.15) is 4.83 Å². The van der Waals surface area contributed by atoms with Crippen LogP contribution < -0.4 is 10.9 Å². The molecule has 4 aromatic rings. The molecule has 0 aliphatic carbocycles. The summed E-state index contributed by atoms with van der Waals surface area (Å²) >= 11 is 1.39. The van der Waals surface area contributed by atoms with Gasteiger partial charge in [0.2, 0.25) is 0 Å². The number of fused-ring (bicyclic) bond motifs is 2. The Balaban J connectivity index is 1.31. The van der Waals surface area contributed by atoms with E-state index in [-0.39, 0.29) is 18.5 Å². The van der Waals surface area contributed by atoms with Gasteiger partial charge in [0.15, 0.2) is 6.61 Å². The predicted molar refractivity (Wildman–Crippen MR) is 112 cm³/mol. The fraction of sp³-hybridized carbons (Fsp3) is 0.143. The van der Waals surface area contributed by atoms with E-state index in [1.54, 1.807) is 17.5 Å². The van der Waals surface area contributed by atoms with Gasteiger partial charge in [0, 0.05) is 17.6 Å². The zero-order valence-corrected chi connectivity index (χ0v) is 16.1. The Bertz CT molecular complexity index is 1260. The Morgan fingerprint density at radius 3 is 2.79 bits per heavy atom. The van der Waals surface area contributed by atoms with Gasteiger partial charge in [-0.2, -0.15) is 0 Å². The van der Waals surface area contributed by atoms with E-state index >= 15 is 0 Å². The van der Waals surface area contributed by atoms with Crippen LogP contribution in [0.25, 0.3) is 21.0 Å². The molecular weight excluding hydrogens is 390 g/mol. The molecule has 2 heterocycles. The number of rotatable bonds is 6. The summed E-state index contributed by atoms with van der Waals surface area (Å²) in [5.41, 5.74) is 0.462. The molecule has 1 amide bonds. The van der Waals surface area contributed by atoms with Crippen molar-refractivity contribution in [1.29, 1.82) is 0 Å². The first-order valence-corrected chi connectivity index (χ1v) is 9.85. The molecule has 2 aromatic heterocycles. The number of anilines is 1.